The maximum atomic E-state index is 15.3. The number of hydrogen-bond donors (Lipinski definition) is 1. The van der Waals surface area contributed by atoms with Crippen molar-refractivity contribution in [1.82, 2.24) is 9.78 Å². The number of aliphatic hydroxyl groups is 1. The number of aromatic nitrogens is 2. The van der Waals surface area contributed by atoms with Crippen LogP contribution in [0.4, 0.5) is 17.6 Å². The zero-order valence-corrected chi connectivity index (χ0v) is 16.9. The Balaban J connectivity index is 1.67. The second-order valence-electron chi connectivity index (χ2n) is 8.15. The van der Waals surface area contributed by atoms with E-state index in [0.29, 0.717) is 22.5 Å². The summed E-state index contributed by atoms with van der Waals surface area (Å²) in [4.78, 5) is 0. The first-order valence-electron chi connectivity index (χ1n) is 9.95. The molecule has 3 atom stereocenters. The maximum Gasteiger partial charge on any atom is 0.270 e. The molecule has 3 unspecified atom stereocenters. The van der Waals surface area contributed by atoms with Crippen LogP contribution >= 0.6 is 0 Å². The Hall–Kier alpha value is -2.93. The standard InChI is InChI=1S/C24H22F4N2O/c1-23(24(31,22(27)28)21(26)13-16-5-3-2-4-6-16)12-11-20-17(14-23)15-29-30(20)19-9-7-18(25)8-10-19/h2-12,15,21-22,31H,13-14H2,1H3. The molecule has 1 N–H and O–H groups in total. The highest BCUT2D eigenvalue weighted by Gasteiger charge is 2.58. The molecule has 0 bridgehead atoms. The molecule has 162 valence electrons. The topological polar surface area (TPSA) is 38.1 Å². The third-order valence-corrected chi connectivity index (χ3v) is 6.11. The molecule has 0 radical (unpaired) electrons. The van der Waals surface area contributed by atoms with Crippen molar-refractivity contribution in [1.29, 1.82) is 0 Å². The van der Waals surface area contributed by atoms with E-state index in [9.17, 15) is 18.3 Å². The highest BCUT2D eigenvalue weighted by atomic mass is 19.3. The zero-order valence-electron chi connectivity index (χ0n) is 16.9. The van der Waals surface area contributed by atoms with Crippen LogP contribution in [-0.4, -0.2) is 33.1 Å². The normalized spacial score (nSPS) is 21.0. The summed E-state index contributed by atoms with van der Waals surface area (Å²) in [7, 11) is 0. The fourth-order valence-corrected chi connectivity index (χ4v) is 4.21. The molecule has 1 aliphatic rings. The molecule has 0 aliphatic heterocycles. The Morgan fingerprint density at radius 1 is 1.10 bits per heavy atom. The van der Waals surface area contributed by atoms with Crippen molar-refractivity contribution in [3.05, 3.63) is 89.5 Å². The van der Waals surface area contributed by atoms with Crippen molar-refractivity contribution >= 4 is 6.08 Å². The van der Waals surface area contributed by atoms with Gasteiger partial charge in [-0.15, -0.1) is 0 Å². The molecule has 0 saturated heterocycles. The van der Waals surface area contributed by atoms with Gasteiger partial charge in [0.2, 0.25) is 0 Å². The number of alkyl halides is 3. The van der Waals surface area contributed by atoms with E-state index >= 15 is 4.39 Å². The van der Waals surface area contributed by atoms with Gasteiger partial charge in [-0.25, -0.2) is 22.2 Å². The number of benzene rings is 2. The van der Waals surface area contributed by atoms with Crippen LogP contribution < -0.4 is 0 Å². The smallest absolute Gasteiger partial charge is 0.270 e. The fraction of sp³-hybridized carbons (Fsp3) is 0.292. The number of rotatable bonds is 6. The molecule has 31 heavy (non-hydrogen) atoms. The molecular weight excluding hydrogens is 408 g/mol. The van der Waals surface area contributed by atoms with Crippen molar-refractivity contribution in [3.63, 3.8) is 0 Å². The molecule has 1 aliphatic carbocycles. The maximum absolute atomic E-state index is 15.3. The van der Waals surface area contributed by atoms with Crippen LogP contribution in [-0.2, 0) is 12.8 Å². The van der Waals surface area contributed by atoms with Gasteiger partial charge >= 0.3 is 0 Å². The predicted octanol–water partition coefficient (Wildman–Crippen LogP) is 5.16. The first-order chi connectivity index (χ1) is 14.7. The highest BCUT2D eigenvalue weighted by Crippen LogP contribution is 2.47. The molecule has 0 fully saturated rings. The molecule has 3 nitrogen and oxygen atoms in total. The summed E-state index contributed by atoms with van der Waals surface area (Å²) in [6, 6.07) is 14.1. The average molecular weight is 430 g/mol. The number of halogens is 4. The summed E-state index contributed by atoms with van der Waals surface area (Å²) in [6.45, 7) is 1.44. The SMILES string of the molecule is CC1(C(O)(C(F)F)C(F)Cc2ccccc2)C=Cc2c(cnn2-c2ccc(F)cc2)C1. The van der Waals surface area contributed by atoms with Gasteiger partial charge in [0, 0.05) is 11.8 Å². The Bertz CT molecular complexity index is 1080. The van der Waals surface area contributed by atoms with Crippen LogP contribution in [0.25, 0.3) is 11.8 Å². The zero-order chi connectivity index (χ0) is 22.2. The van der Waals surface area contributed by atoms with Crippen LogP contribution in [0.5, 0.6) is 0 Å². The summed E-state index contributed by atoms with van der Waals surface area (Å²) in [5.41, 5.74) is -2.09. The van der Waals surface area contributed by atoms with E-state index < -0.39 is 23.6 Å². The van der Waals surface area contributed by atoms with Gasteiger partial charge in [0.1, 0.15) is 12.0 Å². The quantitative estimate of drug-likeness (QED) is 0.549. The Morgan fingerprint density at radius 3 is 2.42 bits per heavy atom. The summed E-state index contributed by atoms with van der Waals surface area (Å²) in [6.07, 6.45) is -1.31. The molecule has 3 aromatic rings. The van der Waals surface area contributed by atoms with E-state index in [-0.39, 0.29) is 18.7 Å². The molecule has 4 rings (SSSR count). The molecule has 0 amide bonds. The van der Waals surface area contributed by atoms with E-state index in [2.05, 4.69) is 5.10 Å². The predicted molar refractivity (Wildman–Crippen MR) is 110 cm³/mol. The third-order valence-electron chi connectivity index (χ3n) is 6.11. The second-order valence-corrected chi connectivity index (χ2v) is 8.15. The van der Waals surface area contributed by atoms with Gasteiger partial charge in [-0.2, -0.15) is 5.10 Å². The van der Waals surface area contributed by atoms with E-state index in [1.54, 1.807) is 53.2 Å². The summed E-state index contributed by atoms with van der Waals surface area (Å²) in [5, 5.41) is 15.3. The molecule has 7 heteroatoms. The van der Waals surface area contributed by atoms with Crippen LogP contribution in [0.15, 0.2) is 66.9 Å². The lowest BCUT2D eigenvalue weighted by atomic mass is 9.64. The van der Waals surface area contributed by atoms with Crippen molar-refractivity contribution in [2.24, 2.45) is 5.41 Å². The van der Waals surface area contributed by atoms with Crippen molar-refractivity contribution in [2.45, 2.75) is 38.0 Å². The van der Waals surface area contributed by atoms with Crippen LogP contribution in [0.3, 0.4) is 0 Å². The largest absolute Gasteiger partial charge is 0.380 e. The first kappa shape index (κ1) is 21.3. The average Bonchev–Trinajstić information content (AvgIpc) is 3.16. The molecule has 1 aromatic heterocycles. The molecule has 0 spiro atoms. The van der Waals surface area contributed by atoms with Crippen LogP contribution in [0.2, 0.25) is 0 Å². The van der Waals surface area contributed by atoms with Crippen molar-refractivity contribution in [2.75, 3.05) is 0 Å². The molecule has 2 aromatic carbocycles. The lowest BCUT2D eigenvalue weighted by Crippen LogP contribution is -2.59. The summed E-state index contributed by atoms with van der Waals surface area (Å²) < 4.78 is 58.4. The molecule has 1 heterocycles. The lowest BCUT2D eigenvalue weighted by molar-refractivity contribution is -0.192. The minimum absolute atomic E-state index is 0.0178. The van der Waals surface area contributed by atoms with Crippen LogP contribution in [0.1, 0.15) is 23.7 Å². The lowest BCUT2D eigenvalue weighted by Gasteiger charge is -2.45. The van der Waals surface area contributed by atoms with Gasteiger partial charge in [0.25, 0.3) is 6.43 Å². The van der Waals surface area contributed by atoms with Crippen molar-refractivity contribution in [3.8, 4) is 5.69 Å². The summed E-state index contributed by atoms with van der Waals surface area (Å²) in [5.74, 6) is -0.387. The van der Waals surface area contributed by atoms with Gasteiger partial charge in [-0.1, -0.05) is 43.3 Å². The van der Waals surface area contributed by atoms with Gasteiger partial charge in [0.05, 0.1) is 17.6 Å². The highest BCUT2D eigenvalue weighted by molar-refractivity contribution is 5.58. The van der Waals surface area contributed by atoms with Crippen molar-refractivity contribution < 1.29 is 22.7 Å². The van der Waals surface area contributed by atoms with E-state index in [4.69, 9.17) is 0 Å². The third kappa shape index (κ3) is 3.67. The Morgan fingerprint density at radius 2 is 1.77 bits per heavy atom. The van der Waals surface area contributed by atoms with Gasteiger partial charge in [-0.3, -0.25) is 0 Å². The number of fused-ring (bicyclic) bond motifs is 1. The van der Waals surface area contributed by atoms with Crippen LogP contribution in [0, 0.1) is 11.2 Å². The Kier molecular flexibility index (Phi) is 5.47. The monoisotopic (exact) mass is 430 g/mol. The minimum Gasteiger partial charge on any atom is -0.380 e. The van der Waals surface area contributed by atoms with Gasteiger partial charge < -0.3 is 5.11 Å². The van der Waals surface area contributed by atoms with E-state index in [0.717, 1.165) is 0 Å². The van der Waals surface area contributed by atoms with E-state index in [1.165, 1.54) is 31.3 Å². The molecular formula is C24H22F4N2O. The van der Waals surface area contributed by atoms with Gasteiger partial charge in [-0.05, 0) is 47.9 Å². The second kappa shape index (κ2) is 7.96. The fourth-order valence-electron chi connectivity index (χ4n) is 4.21. The van der Waals surface area contributed by atoms with Gasteiger partial charge in [0.15, 0.2) is 5.60 Å². The number of nitrogens with zero attached hydrogens (tertiary/aromatic N) is 2. The van der Waals surface area contributed by atoms with E-state index in [1.807, 2.05) is 0 Å². The molecule has 0 saturated carbocycles. The Labute approximate surface area is 177 Å². The number of hydrogen-bond acceptors (Lipinski definition) is 2. The minimum atomic E-state index is -3.30. The summed E-state index contributed by atoms with van der Waals surface area (Å²) >= 11 is 0. The first-order valence-corrected chi connectivity index (χ1v) is 9.95.